The fraction of sp³-hybridized carbons (Fsp3) is 1.00. The van der Waals surface area contributed by atoms with Gasteiger partial charge in [-0.25, -0.2) is 8.42 Å². The fourth-order valence-corrected chi connectivity index (χ4v) is 3.45. The van der Waals surface area contributed by atoms with E-state index in [2.05, 4.69) is 13.8 Å². The van der Waals surface area contributed by atoms with Crippen LogP contribution in [0.15, 0.2) is 0 Å². The predicted molar refractivity (Wildman–Crippen MR) is 93.5 cm³/mol. The van der Waals surface area contributed by atoms with Crippen molar-refractivity contribution in [2.75, 3.05) is 18.1 Å². The van der Waals surface area contributed by atoms with Gasteiger partial charge in [-0.1, -0.05) is 72.1 Å². The molecule has 21 heavy (non-hydrogen) atoms. The monoisotopic (exact) mass is 322 g/mol. The number of sulfone groups is 1. The SMILES string of the molecule is CCCCCCCS(=O)(=O)CCCCCCC.CCCO. The van der Waals surface area contributed by atoms with Gasteiger partial charge < -0.3 is 5.11 Å². The topological polar surface area (TPSA) is 54.4 Å². The molecule has 0 unspecified atom stereocenters. The van der Waals surface area contributed by atoms with Gasteiger partial charge in [-0.05, 0) is 19.3 Å². The smallest absolute Gasteiger partial charge is 0.150 e. The first-order chi connectivity index (χ1) is 10.0. The van der Waals surface area contributed by atoms with Crippen LogP contribution in [0.4, 0.5) is 0 Å². The van der Waals surface area contributed by atoms with E-state index in [1.54, 1.807) is 0 Å². The fourth-order valence-electron chi connectivity index (χ4n) is 1.95. The Morgan fingerprint density at radius 2 is 0.952 bits per heavy atom. The van der Waals surface area contributed by atoms with E-state index in [1.165, 1.54) is 38.5 Å². The molecular formula is C17H38O3S. The van der Waals surface area contributed by atoms with Crippen LogP contribution in [-0.2, 0) is 9.84 Å². The molecule has 0 rings (SSSR count). The summed E-state index contributed by atoms with van der Waals surface area (Å²) in [4.78, 5) is 0. The Balaban J connectivity index is 0. The summed E-state index contributed by atoms with van der Waals surface area (Å²) in [6.45, 7) is 6.60. The van der Waals surface area contributed by atoms with Gasteiger partial charge in [-0.2, -0.15) is 0 Å². The summed E-state index contributed by atoms with van der Waals surface area (Å²) in [5.41, 5.74) is 0. The Bertz CT molecular complexity index is 252. The minimum Gasteiger partial charge on any atom is -0.396 e. The first-order valence-electron chi connectivity index (χ1n) is 8.85. The quantitative estimate of drug-likeness (QED) is 0.499. The lowest BCUT2D eigenvalue weighted by Crippen LogP contribution is -2.11. The van der Waals surface area contributed by atoms with Gasteiger partial charge in [0, 0.05) is 6.61 Å². The third kappa shape index (κ3) is 22.3. The highest BCUT2D eigenvalue weighted by Crippen LogP contribution is 2.08. The zero-order valence-corrected chi connectivity index (χ0v) is 15.4. The second kappa shape index (κ2) is 18.0. The van der Waals surface area contributed by atoms with Gasteiger partial charge in [-0.3, -0.25) is 0 Å². The molecule has 0 radical (unpaired) electrons. The van der Waals surface area contributed by atoms with Crippen molar-refractivity contribution in [3.63, 3.8) is 0 Å². The minimum absolute atomic E-state index is 0.319. The zero-order chi connectivity index (χ0) is 16.4. The van der Waals surface area contributed by atoms with Crippen molar-refractivity contribution in [1.82, 2.24) is 0 Å². The van der Waals surface area contributed by atoms with Gasteiger partial charge in [0.15, 0.2) is 0 Å². The normalized spacial score (nSPS) is 11.0. The summed E-state index contributed by atoms with van der Waals surface area (Å²) in [5.74, 6) is 0.814. The van der Waals surface area contributed by atoms with E-state index in [0.29, 0.717) is 18.1 Å². The third-order valence-corrected chi connectivity index (χ3v) is 5.16. The molecular weight excluding hydrogens is 284 g/mol. The van der Waals surface area contributed by atoms with Crippen LogP contribution in [0.3, 0.4) is 0 Å². The van der Waals surface area contributed by atoms with Crippen molar-refractivity contribution in [3.8, 4) is 0 Å². The molecule has 0 aromatic heterocycles. The number of aliphatic hydroxyl groups excluding tert-OH is 1. The van der Waals surface area contributed by atoms with Crippen LogP contribution in [0, 0.1) is 0 Å². The molecule has 0 amide bonds. The Morgan fingerprint density at radius 1 is 0.619 bits per heavy atom. The Kier molecular flexibility index (Phi) is 19.8. The van der Waals surface area contributed by atoms with Crippen LogP contribution in [-0.4, -0.2) is 31.6 Å². The second-order valence-corrected chi connectivity index (χ2v) is 8.01. The number of unbranched alkanes of at least 4 members (excludes halogenated alkanes) is 8. The maximum Gasteiger partial charge on any atom is 0.150 e. The molecule has 0 aromatic rings. The van der Waals surface area contributed by atoms with Crippen molar-refractivity contribution >= 4 is 9.84 Å². The largest absolute Gasteiger partial charge is 0.396 e. The van der Waals surface area contributed by atoms with Crippen molar-refractivity contribution < 1.29 is 13.5 Å². The molecule has 3 nitrogen and oxygen atoms in total. The first kappa shape index (κ1) is 23.2. The average molecular weight is 323 g/mol. The van der Waals surface area contributed by atoms with Crippen molar-refractivity contribution in [2.45, 2.75) is 91.4 Å². The predicted octanol–water partition coefficient (Wildman–Crippen LogP) is 4.73. The molecule has 0 aliphatic rings. The molecule has 0 saturated carbocycles. The molecule has 0 heterocycles. The molecule has 130 valence electrons. The molecule has 0 fully saturated rings. The van der Waals surface area contributed by atoms with Gasteiger partial charge in [0.1, 0.15) is 9.84 Å². The van der Waals surface area contributed by atoms with Crippen LogP contribution in [0.2, 0.25) is 0 Å². The standard InChI is InChI=1S/C14H30O2S.C3H8O/c1-3-5-7-9-11-13-17(15,16)14-12-10-8-6-4-2;1-2-3-4/h3-14H2,1-2H3;4H,2-3H2,1H3. The highest BCUT2D eigenvalue weighted by Gasteiger charge is 2.09. The maximum atomic E-state index is 11.7. The van der Waals surface area contributed by atoms with Gasteiger partial charge in [-0.15, -0.1) is 0 Å². The highest BCUT2D eigenvalue weighted by atomic mass is 32.2. The van der Waals surface area contributed by atoms with Crippen molar-refractivity contribution in [3.05, 3.63) is 0 Å². The van der Waals surface area contributed by atoms with E-state index in [1.807, 2.05) is 6.92 Å². The summed E-state index contributed by atoms with van der Waals surface area (Å²) in [5, 5.41) is 7.88. The van der Waals surface area contributed by atoms with Gasteiger partial charge in [0.25, 0.3) is 0 Å². The van der Waals surface area contributed by atoms with E-state index in [4.69, 9.17) is 5.11 Å². The highest BCUT2D eigenvalue weighted by molar-refractivity contribution is 7.91. The molecule has 0 spiro atoms. The summed E-state index contributed by atoms with van der Waals surface area (Å²) in [6.07, 6.45) is 12.0. The second-order valence-electron chi connectivity index (χ2n) is 5.70. The number of hydrogen-bond donors (Lipinski definition) is 1. The van der Waals surface area contributed by atoms with E-state index >= 15 is 0 Å². The number of aliphatic hydroxyl groups is 1. The Hall–Kier alpha value is -0.0900. The van der Waals surface area contributed by atoms with Crippen molar-refractivity contribution in [1.29, 1.82) is 0 Å². The molecule has 0 bridgehead atoms. The third-order valence-electron chi connectivity index (χ3n) is 3.34. The van der Waals surface area contributed by atoms with E-state index in [0.717, 1.165) is 32.1 Å². The number of rotatable bonds is 13. The summed E-state index contributed by atoms with van der Waals surface area (Å²) < 4.78 is 23.4. The first-order valence-corrected chi connectivity index (χ1v) is 10.7. The lowest BCUT2D eigenvalue weighted by molar-refractivity contribution is 0.295. The summed E-state index contributed by atoms with van der Waals surface area (Å²) in [7, 11) is -2.76. The van der Waals surface area contributed by atoms with Gasteiger partial charge >= 0.3 is 0 Å². The molecule has 0 aliphatic heterocycles. The average Bonchev–Trinajstić information content (AvgIpc) is 2.47. The van der Waals surface area contributed by atoms with E-state index in [9.17, 15) is 8.42 Å². The van der Waals surface area contributed by atoms with Crippen LogP contribution < -0.4 is 0 Å². The maximum absolute atomic E-state index is 11.7. The zero-order valence-electron chi connectivity index (χ0n) is 14.6. The minimum atomic E-state index is -2.76. The van der Waals surface area contributed by atoms with E-state index < -0.39 is 9.84 Å². The summed E-state index contributed by atoms with van der Waals surface area (Å²) in [6, 6.07) is 0. The molecule has 0 atom stereocenters. The molecule has 0 aromatic carbocycles. The molecule has 1 N–H and O–H groups in total. The van der Waals surface area contributed by atoms with Crippen LogP contribution in [0.5, 0.6) is 0 Å². The molecule has 0 aliphatic carbocycles. The van der Waals surface area contributed by atoms with Crippen LogP contribution in [0.25, 0.3) is 0 Å². The Morgan fingerprint density at radius 3 is 1.24 bits per heavy atom. The van der Waals surface area contributed by atoms with Crippen molar-refractivity contribution in [2.24, 2.45) is 0 Å². The van der Waals surface area contributed by atoms with Crippen LogP contribution in [0.1, 0.15) is 91.4 Å². The lowest BCUT2D eigenvalue weighted by atomic mass is 10.2. The lowest BCUT2D eigenvalue weighted by Gasteiger charge is -2.04. The molecule has 0 saturated heterocycles. The number of hydrogen-bond acceptors (Lipinski definition) is 3. The van der Waals surface area contributed by atoms with E-state index in [-0.39, 0.29) is 0 Å². The van der Waals surface area contributed by atoms with Gasteiger partial charge in [0.2, 0.25) is 0 Å². The summed E-state index contributed by atoms with van der Waals surface area (Å²) >= 11 is 0. The van der Waals surface area contributed by atoms with Crippen LogP contribution >= 0.6 is 0 Å². The molecule has 4 heteroatoms. The van der Waals surface area contributed by atoms with Gasteiger partial charge in [0.05, 0.1) is 11.5 Å². The Labute approximate surface area is 133 Å².